The van der Waals surface area contributed by atoms with Crippen LogP contribution in [0.25, 0.3) is 22.3 Å². The Balaban J connectivity index is 1.13. The van der Waals surface area contributed by atoms with Crippen molar-refractivity contribution >= 4 is 12.0 Å². The average Bonchev–Trinajstić information content (AvgIpc) is 3.90. The van der Waals surface area contributed by atoms with Crippen molar-refractivity contribution in [1.29, 1.82) is 0 Å². The van der Waals surface area contributed by atoms with E-state index in [1.165, 1.54) is 30.5 Å². The van der Waals surface area contributed by atoms with Gasteiger partial charge in [-0.1, -0.05) is 60.7 Å². The van der Waals surface area contributed by atoms with Crippen LogP contribution in [-0.2, 0) is 20.6 Å². The van der Waals surface area contributed by atoms with Gasteiger partial charge < -0.3 is 23.7 Å². The van der Waals surface area contributed by atoms with Crippen LogP contribution in [-0.4, -0.2) is 55.6 Å². The van der Waals surface area contributed by atoms with Crippen LogP contribution in [0.15, 0.2) is 144 Å². The maximum Gasteiger partial charge on any atom is 0.387 e. The number of pyridine rings is 2. The van der Waals surface area contributed by atoms with E-state index in [0.717, 1.165) is 16.7 Å². The van der Waals surface area contributed by atoms with E-state index < -0.39 is 30.2 Å². The number of hydrogen-bond donors (Lipinski definition) is 2. The lowest BCUT2D eigenvalue weighted by Gasteiger charge is -2.26. The maximum atomic E-state index is 14.8. The summed E-state index contributed by atoms with van der Waals surface area (Å²) < 4.78 is 93.6. The third kappa shape index (κ3) is 8.01. The molecule has 8 rings (SSSR count). The summed E-state index contributed by atoms with van der Waals surface area (Å²) in [5.74, 6) is -0.148. The van der Waals surface area contributed by atoms with Crippen molar-refractivity contribution in [2.24, 2.45) is 9.98 Å². The molecule has 0 aliphatic carbocycles. The SMILES string of the molecule is COc1cncc(-c2cccc([C@@]3(c4ccc(OC(F)F)cc4)COC(NNC4=NC(c5ccc(OC(F)F)cc5)(c5cccc(-c6cccnc6F)c5)CO4)=N3)c2)c1. The fraction of sp³-hybridized carbons (Fsp3) is 0.163. The molecule has 59 heavy (non-hydrogen) atoms. The van der Waals surface area contributed by atoms with Gasteiger partial charge in [0.15, 0.2) is 11.1 Å². The highest BCUT2D eigenvalue weighted by atomic mass is 19.3. The summed E-state index contributed by atoms with van der Waals surface area (Å²) in [6, 6.07) is 32.0. The number of ether oxygens (including phenoxy) is 5. The molecule has 2 aromatic heterocycles. The van der Waals surface area contributed by atoms with Crippen molar-refractivity contribution in [3.8, 4) is 39.5 Å². The lowest BCUT2D eigenvalue weighted by Crippen LogP contribution is -2.42. The van der Waals surface area contributed by atoms with Gasteiger partial charge in [0.1, 0.15) is 30.5 Å². The van der Waals surface area contributed by atoms with Gasteiger partial charge in [-0.25, -0.2) is 25.8 Å². The number of aliphatic imine (C=N–C) groups is 2. The van der Waals surface area contributed by atoms with Gasteiger partial charge in [0.05, 0.1) is 13.3 Å². The van der Waals surface area contributed by atoms with Gasteiger partial charge in [-0.3, -0.25) is 4.98 Å². The van der Waals surface area contributed by atoms with Crippen molar-refractivity contribution in [2.75, 3.05) is 20.3 Å². The summed E-state index contributed by atoms with van der Waals surface area (Å²) >= 11 is 0. The number of nitrogens with zero attached hydrogens (tertiary/aromatic N) is 4. The molecule has 0 radical (unpaired) electrons. The number of halogens is 5. The van der Waals surface area contributed by atoms with E-state index in [0.29, 0.717) is 28.0 Å². The van der Waals surface area contributed by atoms with Crippen LogP contribution in [0.3, 0.4) is 0 Å². The highest BCUT2D eigenvalue weighted by Gasteiger charge is 2.43. The number of aromatic nitrogens is 2. The Bertz CT molecular complexity index is 2510. The van der Waals surface area contributed by atoms with Crippen molar-refractivity contribution in [3.63, 3.8) is 0 Å². The molecule has 0 saturated carbocycles. The Morgan fingerprint density at radius 3 is 1.66 bits per heavy atom. The molecule has 11 nitrogen and oxygen atoms in total. The van der Waals surface area contributed by atoms with Crippen LogP contribution in [0, 0.1) is 5.95 Å². The third-order valence-corrected chi connectivity index (χ3v) is 9.84. The Morgan fingerprint density at radius 1 is 0.593 bits per heavy atom. The molecule has 16 heteroatoms. The summed E-state index contributed by atoms with van der Waals surface area (Å²) in [5.41, 5.74) is 8.40. The molecule has 1 unspecified atom stereocenters. The van der Waals surface area contributed by atoms with Crippen LogP contribution in [0.5, 0.6) is 17.2 Å². The largest absolute Gasteiger partial charge is 0.495 e. The molecular formula is C43H33F5N6O5. The molecule has 0 fully saturated rings. The molecule has 2 aliphatic heterocycles. The number of hydrazine groups is 1. The van der Waals surface area contributed by atoms with Crippen LogP contribution in [0.4, 0.5) is 22.0 Å². The number of nitrogens with one attached hydrogen (secondary N) is 2. The maximum absolute atomic E-state index is 14.8. The second-order valence-electron chi connectivity index (χ2n) is 13.3. The van der Waals surface area contributed by atoms with Crippen LogP contribution in [0.1, 0.15) is 22.3 Å². The average molecular weight is 809 g/mol. The molecular weight excluding hydrogens is 775 g/mol. The number of benzene rings is 4. The Hall–Kier alpha value is -7.23. The number of amidine groups is 2. The van der Waals surface area contributed by atoms with Gasteiger partial charge in [0.25, 0.3) is 0 Å². The number of methoxy groups -OCH3 is 1. The first kappa shape index (κ1) is 38.6. The Morgan fingerprint density at radius 2 is 1.14 bits per heavy atom. The van der Waals surface area contributed by atoms with Gasteiger partial charge in [0.2, 0.25) is 5.95 Å². The summed E-state index contributed by atoms with van der Waals surface area (Å²) in [6.07, 6.45) is 4.66. The number of rotatable bonds is 11. The number of hydrogen-bond acceptors (Lipinski definition) is 11. The molecule has 4 heterocycles. The normalized spacial score (nSPS) is 18.4. The molecule has 2 N–H and O–H groups in total. The van der Waals surface area contributed by atoms with Crippen molar-refractivity contribution in [3.05, 3.63) is 162 Å². The predicted octanol–water partition coefficient (Wildman–Crippen LogP) is 8.22. The van der Waals surface area contributed by atoms with Gasteiger partial charge >= 0.3 is 25.3 Å². The van der Waals surface area contributed by atoms with E-state index in [9.17, 15) is 22.0 Å². The van der Waals surface area contributed by atoms with Crippen LogP contribution < -0.4 is 25.1 Å². The topological polar surface area (TPSA) is 121 Å². The quantitative estimate of drug-likeness (QED) is 0.0758. The second-order valence-corrected chi connectivity index (χ2v) is 13.3. The minimum Gasteiger partial charge on any atom is -0.495 e. The van der Waals surface area contributed by atoms with E-state index in [2.05, 4.69) is 30.3 Å². The lowest BCUT2D eigenvalue weighted by molar-refractivity contribution is -0.0505. The highest BCUT2D eigenvalue weighted by molar-refractivity contribution is 5.83. The minimum atomic E-state index is -3.01. The summed E-state index contributed by atoms with van der Waals surface area (Å²) in [7, 11) is 1.55. The molecule has 2 aliphatic rings. The standard InChI is InChI=1S/C43H33F5N6O5/c1-55-35-21-28(22-49-23-35)26-5-2-7-31(19-26)42(29-10-14-33(15-11-29)58-38(45)46)24-56-40(51-42)53-54-41-52-43(25-57-41,30-12-16-34(17-13-30)59-39(47)48)32-8-3-6-27(20-32)36-9-4-18-50-37(36)44/h2-23,38-39H,24-25H2,1H3,(H,51,53)(H,52,54)/t42-,43?/m0/s1. The van der Waals surface area contributed by atoms with E-state index in [4.69, 9.17) is 24.2 Å². The minimum absolute atomic E-state index is 0.00782. The Kier molecular flexibility index (Phi) is 10.7. The van der Waals surface area contributed by atoms with E-state index in [-0.39, 0.29) is 42.3 Å². The second kappa shape index (κ2) is 16.3. The zero-order valence-corrected chi connectivity index (χ0v) is 31.0. The highest BCUT2D eigenvalue weighted by Crippen LogP contribution is 2.42. The Labute approximate surface area is 334 Å². The van der Waals surface area contributed by atoms with E-state index >= 15 is 0 Å². The molecule has 300 valence electrons. The lowest BCUT2D eigenvalue weighted by atomic mass is 9.83. The molecule has 6 aromatic rings. The molecule has 2 atom stereocenters. The van der Waals surface area contributed by atoms with Gasteiger partial charge in [0, 0.05) is 23.5 Å². The van der Waals surface area contributed by atoms with Gasteiger partial charge in [-0.05, 0) is 88.0 Å². The monoisotopic (exact) mass is 808 g/mol. The van der Waals surface area contributed by atoms with Crippen molar-refractivity contribution < 1.29 is 45.6 Å². The number of alkyl halides is 4. The third-order valence-electron chi connectivity index (χ3n) is 9.84. The first-order valence-corrected chi connectivity index (χ1v) is 18.0. The molecule has 0 bridgehead atoms. The summed E-state index contributed by atoms with van der Waals surface area (Å²) in [5, 5.41) is 0. The summed E-state index contributed by atoms with van der Waals surface area (Å²) in [4.78, 5) is 18.0. The summed E-state index contributed by atoms with van der Waals surface area (Å²) in [6.45, 7) is -6.04. The molecule has 0 saturated heterocycles. The van der Waals surface area contributed by atoms with Gasteiger partial charge in [-0.2, -0.15) is 22.0 Å². The van der Waals surface area contributed by atoms with E-state index in [1.54, 1.807) is 80.2 Å². The smallest absolute Gasteiger partial charge is 0.387 e. The zero-order valence-electron chi connectivity index (χ0n) is 31.0. The van der Waals surface area contributed by atoms with Gasteiger partial charge in [-0.15, -0.1) is 0 Å². The van der Waals surface area contributed by atoms with Crippen LogP contribution in [0.2, 0.25) is 0 Å². The first-order chi connectivity index (χ1) is 28.6. The van der Waals surface area contributed by atoms with Crippen molar-refractivity contribution in [2.45, 2.75) is 24.3 Å². The predicted molar refractivity (Wildman–Crippen MR) is 207 cm³/mol. The fourth-order valence-corrected chi connectivity index (χ4v) is 7.00. The van der Waals surface area contributed by atoms with Crippen molar-refractivity contribution in [1.82, 2.24) is 20.8 Å². The van der Waals surface area contributed by atoms with E-state index in [1.807, 2.05) is 30.3 Å². The molecule has 0 amide bonds. The zero-order chi connectivity index (χ0) is 41.0. The molecule has 0 spiro atoms. The fourth-order valence-electron chi connectivity index (χ4n) is 7.00. The molecule has 4 aromatic carbocycles. The van der Waals surface area contributed by atoms with Crippen LogP contribution >= 0.6 is 0 Å². The first-order valence-electron chi connectivity index (χ1n) is 18.0.